The standard InChI is InChI=1S/C19H23ClN4O2/c1-13-16(11-22-23(13)2)10-21-19(26)24-8-4-6-15(12-24)18(25)14-5-3-7-17(20)9-14/h3,5,7,9,11,15H,4,6,8,10,12H2,1-2H3,(H,21,26). The summed E-state index contributed by atoms with van der Waals surface area (Å²) >= 11 is 5.99. The maximum atomic E-state index is 12.7. The zero-order valence-electron chi connectivity index (χ0n) is 15.0. The number of carbonyl (C=O) groups is 2. The fourth-order valence-electron chi connectivity index (χ4n) is 3.25. The number of amides is 2. The maximum Gasteiger partial charge on any atom is 0.317 e. The maximum absolute atomic E-state index is 12.7. The van der Waals surface area contributed by atoms with Gasteiger partial charge in [0.15, 0.2) is 5.78 Å². The van der Waals surface area contributed by atoms with Crippen molar-refractivity contribution in [2.45, 2.75) is 26.3 Å². The van der Waals surface area contributed by atoms with E-state index >= 15 is 0 Å². The first-order chi connectivity index (χ1) is 12.5. The van der Waals surface area contributed by atoms with Crippen molar-refractivity contribution in [2.24, 2.45) is 13.0 Å². The molecule has 1 N–H and O–H groups in total. The van der Waals surface area contributed by atoms with E-state index in [1.54, 1.807) is 40.0 Å². The van der Waals surface area contributed by atoms with Crippen molar-refractivity contribution in [2.75, 3.05) is 13.1 Å². The van der Waals surface area contributed by atoms with Gasteiger partial charge in [0.05, 0.1) is 6.20 Å². The first kappa shape index (κ1) is 18.5. The molecule has 1 aromatic carbocycles. The average molecular weight is 375 g/mol. The molecule has 1 atom stereocenters. The molecule has 26 heavy (non-hydrogen) atoms. The minimum absolute atomic E-state index is 0.0492. The molecule has 1 fully saturated rings. The van der Waals surface area contributed by atoms with Crippen LogP contribution in [0.25, 0.3) is 0 Å². The number of nitrogens with one attached hydrogen (secondary N) is 1. The van der Waals surface area contributed by atoms with E-state index in [0.717, 1.165) is 24.1 Å². The molecular formula is C19H23ClN4O2. The number of aromatic nitrogens is 2. The monoisotopic (exact) mass is 374 g/mol. The van der Waals surface area contributed by atoms with Crippen LogP contribution in [0.15, 0.2) is 30.5 Å². The second kappa shape index (κ2) is 7.91. The van der Waals surface area contributed by atoms with E-state index in [4.69, 9.17) is 11.6 Å². The predicted molar refractivity (Wildman–Crippen MR) is 100 cm³/mol. The van der Waals surface area contributed by atoms with Crippen molar-refractivity contribution in [3.05, 3.63) is 52.3 Å². The number of hydrogen-bond donors (Lipinski definition) is 1. The predicted octanol–water partition coefficient (Wildman–Crippen LogP) is 3.19. The van der Waals surface area contributed by atoms with Gasteiger partial charge in [0, 0.05) is 54.4 Å². The Balaban J connectivity index is 1.59. The first-order valence-corrected chi connectivity index (χ1v) is 9.13. The molecule has 2 amide bonds. The number of hydrogen-bond acceptors (Lipinski definition) is 3. The van der Waals surface area contributed by atoms with Gasteiger partial charge in [-0.25, -0.2) is 4.79 Å². The summed E-state index contributed by atoms with van der Waals surface area (Å²) in [7, 11) is 1.87. The molecule has 138 valence electrons. The Labute approximate surface area is 158 Å². The molecule has 1 unspecified atom stereocenters. The number of nitrogens with zero attached hydrogens (tertiary/aromatic N) is 3. The fraction of sp³-hybridized carbons (Fsp3) is 0.421. The van der Waals surface area contributed by atoms with Gasteiger partial charge >= 0.3 is 6.03 Å². The first-order valence-electron chi connectivity index (χ1n) is 8.75. The van der Waals surface area contributed by atoms with Crippen molar-refractivity contribution in [1.82, 2.24) is 20.0 Å². The van der Waals surface area contributed by atoms with Crippen molar-refractivity contribution >= 4 is 23.4 Å². The number of carbonyl (C=O) groups excluding carboxylic acids is 2. The van der Waals surface area contributed by atoms with Crippen LogP contribution in [-0.2, 0) is 13.6 Å². The lowest BCUT2D eigenvalue weighted by atomic mass is 9.90. The second-order valence-electron chi connectivity index (χ2n) is 6.70. The Kier molecular flexibility index (Phi) is 5.61. The second-order valence-corrected chi connectivity index (χ2v) is 7.13. The summed E-state index contributed by atoms with van der Waals surface area (Å²) in [6.45, 7) is 3.50. The van der Waals surface area contributed by atoms with Crippen LogP contribution in [0.4, 0.5) is 4.79 Å². The van der Waals surface area contributed by atoms with Crippen LogP contribution in [0, 0.1) is 12.8 Å². The topological polar surface area (TPSA) is 67.2 Å². The van der Waals surface area contributed by atoms with E-state index in [0.29, 0.717) is 30.2 Å². The van der Waals surface area contributed by atoms with Gasteiger partial charge in [-0.3, -0.25) is 9.48 Å². The van der Waals surface area contributed by atoms with Gasteiger partial charge < -0.3 is 10.2 Å². The lowest BCUT2D eigenvalue weighted by molar-refractivity contribution is 0.0845. The molecule has 1 saturated heterocycles. The molecule has 0 aliphatic carbocycles. The van der Waals surface area contributed by atoms with Gasteiger partial charge in [-0.1, -0.05) is 23.7 Å². The highest BCUT2D eigenvalue weighted by molar-refractivity contribution is 6.31. The summed E-state index contributed by atoms with van der Waals surface area (Å²) in [5.74, 6) is -0.138. The molecular weight excluding hydrogens is 352 g/mol. The summed E-state index contributed by atoms with van der Waals surface area (Å²) in [4.78, 5) is 26.9. The summed E-state index contributed by atoms with van der Waals surface area (Å²) in [6, 6.07) is 6.85. The molecule has 1 aromatic heterocycles. The Hall–Kier alpha value is -2.34. The zero-order chi connectivity index (χ0) is 18.7. The molecule has 7 heteroatoms. The molecule has 3 rings (SSSR count). The Morgan fingerprint density at radius 1 is 1.38 bits per heavy atom. The fourth-order valence-corrected chi connectivity index (χ4v) is 3.44. The summed E-state index contributed by atoms with van der Waals surface area (Å²) in [5, 5.41) is 7.66. The SMILES string of the molecule is Cc1c(CNC(=O)N2CCCC(C(=O)c3cccc(Cl)c3)C2)cnn1C. The Morgan fingerprint density at radius 2 is 2.19 bits per heavy atom. The van der Waals surface area contributed by atoms with Gasteiger partial charge in [0.1, 0.15) is 0 Å². The minimum Gasteiger partial charge on any atom is -0.334 e. The van der Waals surface area contributed by atoms with E-state index in [2.05, 4.69) is 10.4 Å². The molecule has 1 aliphatic rings. The van der Waals surface area contributed by atoms with Gasteiger partial charge in [0.25, 0.3) is 0 Å². The van der Waals surface area contributed by atoms with Gasteiger partial charge in [-0.05, 0) is 31.9 Å². The summed E-state index contributed by atoms with van der Waals surface area (Å²) < 4.78 is 1.78. The van der Waals surface area contributed by atoms with E-state index < -0.39 is 0 Å². The quantitative estimate of drug-likeness (QED) is 0.836. The van der Waals surface area contributed by atoms with Crippen molar-refractivity contribution in [3.8, 4) is 0 Å². The van der Waals surface area contributed by atoms with E-state index in [1.807, 2.05) is 14.0 Å². The Bertz CT molecular complexity index is 818. The number of likely N-dealkylation sites (tertiary alicyclic amines) is 1. The smallest absolute Gasteiger partial charge is 0.317 e. The highest BCUT2D eigenvalue weighted by atomic mass is 35.5. The normalized spacial score (nSPS) is 17.2. The van der Waals surface area contributed by atoms with Gasteiger partial charge in [-0.15, -0.1) is 0 Å². The van der Waals surface area contributed by atoms with Crippen molar-refractivity contribution in [1.29, 1.82) is 0 Å². The average Bonchev–Trinajstić information content (AvgIpc) is 2.97. The third-order valence-corrected chi connectivity index (χ3v) is 5.19. The highest BCUT2D eigenvalue weighted by Crippen LogP contribution is 2.22. The van der Waals surface area contributed by atoms with Crippen molar-refractivity contribution < 1.29 is 9.59 Å². The number of halogens is 1. The van der Waals surface area contributed by atoms with Crippen LogP contribution in [0.2, 0.25) is 5.02 Å². The number of piperidine rings is 1. The summed E-state index contributed by atoms with van der Waals surface area (Å²) in [5.41, 5.74) is 2.62. The lowest BCUT2D eigenvalue weighted by Crippen LogP contribution is -2.46. The molecule has 0 spiro atoms. The third kappa shape index (κ3) is 4.07. The molecule has 2 aromatic rings. The molecule has 0 bridgehead atoms. The number of ketones is 1. The zero-order valence-corrected chi connectivity index (χ0v) is 15.8. The molecule has 6 nitrogen and oxygen atoms in total. The molecule has 0 radical (unpaired) electrons. The number of aryl methyl sites for hydroxylation is 1. The van der Waals surface area contributed by atoms with Crippen LogP contribution in [-0.4, -0.2) is 39.6 Å². The van der Waals surface area contributed by atoms with E-state index in [-0.39, 0.29) is 17.7 Å². The third-order valence-electron chi connectivity index (χ3n) is 4.96. The van der Waals surface area contributed by atoms with Crippen molar-refractivity contribution in [3.63, 3.8) is 0 Å². The van der Waals surface area contributed by atoms with Gasteiger partial charge in [-0.2, -0.15) is 5.10 Å². The van der Waals surface area contributed by atoms with Crippen LogP contribution in [0.3, 0.4) is 0 Å². The lowest BCUT2D eigenvalue weighted by Gasteiger charge is -2.32. The molecule has 0 saturated carbocycles. The van der Waals surface area contributed by atoms with Crippen LogP contribution >= 0.6 is 11.6 Å². The highest BCUT2D eigenvalue weighted by Gasteiger charge is 2.29. The number of rotatable bonds is 4. The van der Waals surface area contributed by atoms with E-state index in [9.17, 15) is 9.59 Å². The molecule has 2 heterocycles. The number of Topliss-reactive ketones (excluding diaryl/α,β-unsaturated/α-hetero) is 1. The van der Waals surface area contributed by atoms with Crippen LogP contribution < -0.4 is 5.32 Å². The van der Waals surface area contributed by atoms with Crippen LogP contribution in [0.1, 0.15) is 34.5 Å². The van der Waals surface area contributed by atoms with Crippen LogP contribution in [0.5, 0.6) is 0 Å². The summed E-state index contributed by atoms with van der Waals surface area (Å²) in [6.07, 6.45) is 3.37. The molecule has 1 aliphatic heterocycles. The Morgan fingerprint density at radius 3 is 2.88 bits per heavy atom. The van der Waals surface area contributed by atoms with E-state index in [1.165, 1.54) is 0 Å². The number of benzene rings is 1. The van der Waals surface area contributed by atoms with Gasteiger partial charge in [0.2, 0.25) is 0 Å². The minimum atomic E-state index is -0.187. The largest absolute Gasteiger partial charge is 0.334 e. The number of urea groups is 1.